The van der Waals surface area contributed by atoms with E-state index in [2.05, 4.69) is 19.9 Å². The molecule has 23 nitrogen and oxygen atoms in total. The maximum atomic E-state index is 16.5. The molecule has 4 aromatic rings. The van der Waals surface area contributed by atoms with Crippen molar-refractivity contribution in [3.63, 3.8) is 0 Å². The van der Waals surface area contributed by atoms with E-state index in [1.54, 1.807) is 58.9 Å². The van der Waals surface area contributed by atoms with Crippen LogP contribution in [-0.2, 0) is 64.9 Å². The molecule has 0 unspecified atom stereocenters. The number of ether oxygens (including phenoxy) is 6. The number of alkyl halides is 6. The number of carboxylic acids is 1. The number of hydrogen-bond donors (Lipinski definition) is 2. The second-order valence-corrected chi connectivity index (χ2v) is 36.1. The molecular formula is C78H101F6N7O16S. The number of benzene rings is 2. The monoisotopic (exact) mass is 1540 g/mol. The summed E-state index contributed by atoms with van der Waals surface area (Å²) in [6.07, 6.45) is -2.20. The first-order chi connectivity index (χ1) is 50.3. The molecule has 108 heavy (non-hydrogen) atoms. The van der Waals surface area contributed by atoms with Crippen LogP contribution in [0.1, 0.15) is 190 Å². The van der Waals surface area contributed by atoms with E-state index in [0.717, 1.165) is 19.3 Å². The maximum Gasteiger partial charge on any atom is 0.326 e. The Hall–Kier alpha value is -7.66. The molecule has 0 radical (unpaired) electrons. The van der Waals surface area contributed by atoms with Crippen LogP contribution in [0.15, 0.2) is 36.4 Å². The van der Waals surface area contributed by atoms with Gasteiger partial charge in [0.05, 0.1) is 90.8 Å². The summed E-state index contributed by atoms with van der Waals surface area (Å²) < 4.78 is 157. The quantitative estimate of drug-likeness (QED) is 0.110. The van der Waals surface area contributed by atoms with Crippen LogP contribution in [0.3, 0.4) is 0 Å². The number of ketones is 1. The van der Waals surface area contributed by atoms with Crippen molar-refractivity contribution in [2.24, 2.45) is 81.3 Å². The van der Waals surface area contributed by atoms with E-state index in [0.29, 0.717) is 80.1 Å². The average molecular weight is 1540 g/mol. The first kappa shape index (κ1) is 79.9. The second-order valence-electron chi connectivity index (χ2n) is 34.1. The van der Waals surface area contributed by atoms with E-state index in [1.807, 2.05) is 25.5 Å². The molecular weight excluding hydrogens is 1440 g/mol. The summed E-state index contributed by atoms with van der Waals surface area (Å²) in [5.74, 6) is -16.2. The zero-order valence-electron chi connectivity index (χ0n) is 62.0. The van der Waals surface area contributed by atoms with Gasteiger partial charge in [0.15, 0.2) is 17.2 Å². The highest BCUT2D eigenvalue weighted by Crippen LogP contribution is 2.61. The van der Waals surface area contributed by atoms with Gasteiger partial charge in [-0.3, -0.25) is 33.5 Å². The SMILES string of the molecule is C.COc1ccc2nc3c(nc2c1)O[C@H]1CN(C(=O)[C@H](C(C)(C)C)CC(=O)O[C@@H]2C[C@@H]4C[C@@H]4[C@H]2CCCCC3(F)F)[C@H](C(=O)C[C@]2(C(=O)NS(=O)(=O)C3CC3)C[C@H]2C(F)F)[C@@H]1C.COc1ccc2nc3c(nc2c1)O[C@H]1CN(C(=O)[C@H](C(C)(C)C)CC(=O)O[C@@H]2C[C@@H]4C[C@@H]4[C@H]2CCCCC3(F)F)[C@H](C(=O)O)[C@@H]1C. The van der Waals surface area contributed by atoms with Gasteiger partial charge in [0, 0.05) is 49.1 Å². The maximum absolute atomic E-state index is 16.5. The molecule has 592 valence electrons. The van der Waals surface area contributed by atoms with Crippen molar-refractivity contribution >= 4 is 73.5 Å². The fourth-order valence-electron chi connectivity index (χ4n) is 18.1. The summed E-state index contributed by atoms with van der Waals surface area (Å²) >= 11 is 0. The third-order valence-corrected chi connectivity index (χ3v) is 26.7. The molecule has 14 rings (SSSR count). The zero-order chi connectivity index (χ0) is 77.1. The molecule has 6 saturated carbocycles. The average Bonchev–Trinajstić information content (AvgIpc) is 1.54. The Labute approximate surface area is 625 Å². The Kier molecular flexibility index (Phi) is 22.1. The molecule has 30 heteroatoms. The summed E-state index contributed by atoms with van der Waals surface area (Å²) in [7, 11) is -1.25. The fraction of sp³-hybridized carbons (Fsp3) is 0.705. The molecule has 2 N–H and O–H groups in total. The van der Waals surface area contributed by atoms with Gasteiger partial charge >= 0.3 is 17.9 Å². The van der Waals surface area contributed by atoms with E-state index in [9.17, 15) is 55.9 Å². The number of amides is 3. The van der Waals surface area contributed by atoms with Gasteiger partial charge in [-0.05, 0) is 141 Å². The summed E-state index contributed by atoms with van der Waals surface area (Å²) in [6.45, 7) is 13.4. The van der Waals surface area contributed by atoms with Gasteiger partial charge in [-0.1, -0.05) is 75.7 Å². The smallest absolute Gasteiger partial charge is 0.326 e. The number of esters is 2. The Morgan fingerprint density at radius 2 is 1.05 bits per heavy atom. The number of halogens is 6. The van der Waals surface area contributed by atoms with Crippen LogP contribution in [0.25, 0.3) is 22.1 Å². The molecule has 18 atom stereocenters. The van der Waals surface area contributed by atoms with Crippen molar-refractivity contribution in [2.45, 2.75) is 238 Å². The minimum absolute atomic E-state index is 0. The molecule has 10 aliphatic rings. The van der Waals surface area contributed by atoms with Crippen LogP contribution in [0, 0.1) is 81.3 Å². The number of aliphatic carboxylic acids is 1. The van der Waals surface area contributed by atoms with Gasteiger partial charge in [0.25, 0.3) is 11.8 Å². The highest BCUT2D eigenvalue weighted by molar-refractivity contribution is 7.91. The molecule has 2 saturated heterocycles. The van der Waals surface area contributed by atoms with Crippen molar-refractivity contribution in [3.05, 3.63) is 47.8 Å². The number of hydrogen-bond acceptors (Lipinski definition) is 19. The third kappa shape index (κ3) is 16.1. The number of carbonyl (C=O) groups excluding carboxylic acids is 6. The molecule has 0 spiro atoms. The summed E-state index contributed by atoms with van der Waals surface area (Å²) in [5, 5.41) is 9.42. The number of carboxylic acid groups (broad SMARTS) is 1. The lowest BCUT2D eigenvalue weighted by molar-refractivity contribution is -0.160. The lowest BCUT2D eigenvalue weighted by Gasteiger charge is -2.35. The van der Waals surface area contributed by atoms with Gasteiger partial charge in [-0.2, -0.15) is 17.6 Å². The van der Waals surface area contributed by atoms with Crippen molar-refractivity contribution < 1.29 is 102 Å². The lowest BCUT2D eigenvalue weighted by Crippen LogP contribution is -2.50. The van der Waals surface area contributed by atoms with Crippen LogP contribution in [-0.4, -0.2) is 160 Å². The number of rotatable bonds is 10. The van der Waals surface area contributed by atoms with Crippen LogP contribution >= 0.6 is 0 Å². The molecule has 4 bridgehead atoms. The highest BCUT2D eigenvalue weighted by atomic mass is 32.2. The molecule has 2 aromatic heterocycles. The van der Waals surface area contributed by atoms with E-state index >= 15 is 17.6 Å². The number of nitrogens with one attached hydrogen (secondary N) is 1. The summed E-state index contributed by atoms with van der Waals surface area (Å²) in [5.41, 5.74) is -4.12. The van der Waals surface area contributed by atoms with E-state index in [4.69, 9.17) is 28.4 Å². The Morgan fingerprint density at radius 3 is 1.44 bits per heavy atom. The normalized spacial score (nSPS) is 33.3. The lowest BCUT2D eigenvalue weighted by atomic mass is 9.77. The van der Waals surface area contributed by atoms with Crippen LogP contribution in [0.2, 0.25) is 0 Å². The number of carbonyl (C=O) groups is 7. The number of nitrogens with zero attached hydrogens (tertiary/aromatic N) is 6. The molecule has 4 aliphatic heterocycles. The summed E-state index contributed by atoms with van der Waals surface area (Å²) in [6, 6.07) is 6.57. The van der Waals surface area contributed by atoms with Gasteiger partial charge in [-0.15, -0.1) is 0 Å². The number of methoxy groups -OCH3 is 2. The molecule has 6 heterocycles. The van der Waals surface area contributed by atoms with Crippen molar-refractivity contribution in [3.8, 4) is 23.3 Å². The molecule has 6 aliphatic carbocycles. The van der Waals surface area contributed by atoms with E-state index in [-0.39, 0.29) is 86.2 Å². The number of aromatic nitrogens is 4. The first-order valence-electron chi connectivity index (χ1n) is 37.7. The standard InChI is InChI=1S/C43H54F4N4O9S.C34H43F2N3O7.CH4/c1-21-33-20-51(35(21)31(52)19-42(18-28(42)37(44)45)40(55)50-61(56,57)24-10-11-24)39(54)27(41(2,3)4)17-34(53)59-32-15-22-14-26(22)25(32)8-6-7-13-43(46,47)36-38(60-33)49-30-16-23(58-5)9-12-29(30)48-36;1-17-26-16-39(28(17)32(42)43)31(41)22(33(2,3)4)15-27(40)45-25-13-18-12-21(18)20(25)8-6-7-11-34(35,36)29-30(46-26)38-24-14-19(44-5)9-10-23(24)37-29;/h9,12,16,21-22,24-28,32-33,35,37H,6-8,10-11,13-15,17-20H2,1-5H3,(H,50,55);9-10,14,17-18,20-22,25-26,28H,6-8,11-13,15-16H2,1-5H3,(H,42,43);1H4/t21-,22+,25-,26+,27-,28+,32-,33+,35+,42-;17-,18+,20-,21+,22-,25-,26+,28+;/m11./s1. The van der Waals surface area contributed by atoms with Crippen LogP contribution < -0.4 is 23.7 Å². The van der Waals surface area contributed by atoms with Crippen molar-refractivity contribution in [1.29, 1.82) is 0 Å². The fourth-order valence-corrected chi connectivity index (χ4v) is 19.5. The Bertz CT molecular complexity index is 4270. The van der Waals surface area contributed by atoms with Crippen molar-refractivity contribution in [1.82, 2.24) is 34.5 Å². The molecule has 3 amide bonds. The Morgan fingerprint density at radius 1 is 0.611 bits per heavy atom. The largest absolute Gasteiger partial charge is 0.497 e. The van der Waals surface area contributed by atoms with Crippen molar-refractivity contribution in [2.75, 3.05) is 27.3 Å². The van der Waals surface area contributed by atoms with Gasteiger partial charge in [-0.25, -0.2) is 41.9 Å². The highest BCUT2D eigenvalue weighted by Gasteiger charge is 2.67. The zero-order valence-corrected chi connectivity index (χ0v) is 62.8. The number of Topliss-reactive ketones (excluding diaryl/α,β-unsaturated/α-hetero) is 1. The topological polar surface area (TPSA) is 299 Å². The third-order valence-electron chi connectivity index (χ3n) is 24.8. The minimum Gasteiger partial charge on any atom is -0.497 e. The van der Waals surface area contributed by atoms with Crippen LogP contribution in [0.5, 0.6) is 23.3 Å². The molecule has 2 aromatic carbocycles. The predicted molar refractivity (Wildman–Crippen MR) is 380 cm³/mol. The number of fused-ring (bicyclic) bond motifs is 14. The first-order valence-corrected chi connectivity index (χ1v) is 39.3. The minimum atomic E-state index is -4.17. The summed E-state index contributed by atoms with van der Waals surface area (Å²) in [4.78, 5) is 117. The Balaban J connectivity index is 0.000000208. The van der Waals surface area contributed by atoms with E-state index in [1.165, 1.54) is 36.2 Å². The predicted octanol–water partition coefficient (Wildman–Crippen LogP) is 12.6. The number of sulfonamides is 1. The van der Waals surface area contributed by atoms with E-state index < -0.39 is 200 Å². The van der Waals surface area contributed by atoms with Gasteiger partial charge < -0.3 is 43.3 Å². The second kappa shape index (κ2) is 29.9. The van der Waals surface area contributed by atoms with Gasteiger partial charge in [0.2, 0.25) is 45.9 Å². The van der Waals surface area contributed by atoms with Crippen LogP contribution in [0.4, 0.5) is 26.3 Å². The van der Waals surface area contributed by atoms with Gasteiger partial charge in [0.1, 0.15) is 42.0 Å². The molecule has 8 fully saturated rings.